The first-order chi connectivity index (χ1) is 10.1. The summed E-state index contributed by atoms with van der Waals surface area (Å²) in [5, 5.41) is 11.1. The highest BCUT2D eigenvalue weighted by atomic mass is 16.5. The van der Waals surface area contributed by atoms with Crippen LogP contribution in [0.25, 0.3) is 5.69 Å². The van der Waals surface area contributed by atoms with Crippen LogP contribution in [0.2, 0.25) is 0 Å². The Morgan fingerprint density at radius 1 is 1.38 bits per heavy atom. The van der Waals surface area contributed by atoms with Gasteiger partial charge in [0.15, 0.2) is 0 Å². The first-order valence-electron chi connectivity index (χ1n) is 6.81. The lowest BCUT2D eigenvalue weighted by atomic mass is 10.0. The van der Waals surface area contributed by atoms with Crippen molar-refractivity contribution in [3.63, 3.8) is 0 Å². The number of amides is 1. The van der Waals surface area contributed by atoms with Crippen LogP contribution in [0.1, 0.15) is 24.2 Å². The van der Waals surface area contributed by atoms with Crippen molar-refractivity contribution in [1.82, 2.24) is 25.1 Å². The minimum absolute atomic E-state index is 0.00164. The van der Waals surface area contributed by atoms with E-state index in [0.29, 0.717) is 25.3 Å². The Morgan fingerprint density at radius 2 is 2.24 bits per heavy atom. The van der Waals surface area contributed by atoms with Crippen molar-refractivity contribution < 1.29 is 9.53 Å². The fourth-order valence-electron chi connectivity index (χ4n) is 2.45. The van der Waals surface area contributed by atoms with Gasteiger partial charge in [0.2, 0.25) is 0 Å². The number of morpholine rings is 1. The average molecular weight is 287 g/mol. The van der Waals surface area contributed by atoms with Gasteiger partial charge in [-0.3, -0.25) is 4.79 Å². The van der Waals surface area contributed by atoms with Crippen LogP contribution in [0.5, 0.6) is 0 Å². The second-order valence-electron chi connectivity index (χ2n) is 5.63. The van der Waals surface area contributed by atoms with Gasteiger partial charge in [0, 0.05) is 12.1 Å². The molecule has 0 atom stereocenters. The number of carbonyl (C=O) groups is 1. The highest BCUT2D eigenvalue weighted by molar-refractivity contribution is 5.95. The van der Waals surface area contributed by atoms with Gasteiger partial charge >= 0.3 is 0 Å². The van der Waals surface area contributed by atoms with Gasteiger partial charge in [0.1, 0.15) is 6.33 Å². The van der Waals surface area contributed by atoms with E-state index in [1.807, 2.05) is 36.9 Å². The minimum atomic E-state index is -0.305. The lowest BCUT2D eigenvalue weighted by Crippen LogP contribution is -2.55. The Morgan fingerprint density at radius 3 is 2.95 bits per heavy atom. The van der Waals surface area contributed by atoms with Crippen LogP contribution in [0.4, 0.5) is 0 Å². The van der Waals surface area contributed by atoms with Crippen molar-refractivity contribution in [2.45, 2.75) is 19.4 Å². The first kappa shape index (κ1) is 13.7. The number of nitrogens with zero attached hydrogens (tertiary/aromatic N) is 5. The van der Waals surface area contributed by atoms with Gasteiger partial charge in [-0.1, -0.05) is 6.07 Å². The number of hydrogen-bond donors (Lipinski definition) is 0. The van der Waals surface area contributed by atoms with Gasteiger partial charge in [-0.2, -0.15) is 0 Å². The van der Waals surface area contributed by atoms with E-state index in [0.717, 1.165) is 5.69 Å². The molecule has 0 spiro atoms. The van der Waals surface area contributed by atoms with E-state index in [1.165, 1.54) is 11.0 Å². The molecule has 1 saturated heterocycles. The van der Waals surface area contributed by atoms with Crippen molar-refractivity contribution in [3.05, 3.63) is 36.2 Å². The lowest BCUT2D eigenvalue weighted by molar-refractivity contribution is -0.0370. The van der Waals surface area contributed by atoms with E-state index < -0.39 is 0 Å². The maximum absolute atomic E-state index is 12.7. The molecular formula is C14H17N5O2. The molecule has 0 saturated carbocycles. The predicted octanol–water partition coefficient (Wildman–Crippen LogP) is 0.913. The summed E-state index contributed by atoms with van der Waals surface area (Å²) in [5.74, 6) is -0.00164. The normalized spacial score (nSPS) is 17.7. The Balaban J connectivity index is 1.90. The van der Waals surface area contributed by atoms with Crippen molar-refractivity contribution in [2.24, 2.45) is 0 Å². The van der Waals surface area contributed by atoms with E-state index in [2.05, 4.69) is 15.5 Å². The molecule has 0 aliphatic carbocycles. The van der Waals surface area contributed by atoms with Crippen LogP contribution < -0.4 is 0 Å². The average Bonchev–Trinajstić information content (AvgIpc) is 3.00. The van der Waals surface area contributed by atoms with Gasteiger partial charge in [-0.05, 0) is 42.5 Å². The molecule has 110 valence electrons. The van der Waals surface area contributed by atoms with Crippen LogP contribution in [0, 0.1) is 0 Å². The van der Waals surface area contributed by atoms with Crippen molar-refractivity contribution in [3.8, 4) is 5.69 Å². The number of ether oxygens (including phenoxy) is 1. The number of tetrazole rings is 1. The summed E-state index contributed by atoms with van der Waals surface area (Å²) in [6, 6.07) is 7.29. The fraction of sp³-hybridized carbons (Fsp3) is 0.429. The number of carbonyl (C=O) groups excluding carboxylic acids is 1. The number of benzene rings is 1. The van der Waals surface area contributed by atoms with E-state index in [-0.39, 0.29) is 11.4 Å². The molecule has 2 aromatic rings. The molecule has 1 aromatic heterocycles. The largest absolute Gasteiger partial charge is 0.377 e. The molecule has 0 bridgehead atoms. The maximum atomic E-state index is 12.7. The van der Waals surface area contributed by atoms with E-state index in [9.17, 15) is 4.79 Å². The van der Waals surface area contributed by atoms with Crippen LogP contribution in [0.3, 0.4) is 0 Å². The molecule has 7 heteroatoms. The summed E-state index contributed by atoms with van der Waals surface area (Å²) in [6.45, 7) is 5.73. The molecule has 21 heavy (non-hydrogen) atoms. The fourth-order valence-corrected chi connectivity index (χ4v) is 2.45. The summed E-state index contributed by atoms with van der Waals surface area (Å²) >= 11 is 0. The summed E-state index contributed by atoms with van der Waals surface area (Å²) in [4.78, 5) is 14.6. The Kier molecular flexibility index (Phi) is 3.42. The van der Waals surface area contributed by atoms with Gasteiger partial charge in [0.25, 0.3) is 5.91 Å². The molecular weight excluding hydrogens is 270 g/mol. The number of rotatable bonds is 2. The molecule has 1 fully saturated rings. The second kappa shape index (κ2) is 5.25. The SMILES string of the molecule is CC1(C)COCCN1C(=O)c1cccc(-n2cnnn2)c1. The topological polar surface area (TPSA) is 73.1 Å². The molecule has 3 rings (SSSR count). The van der Waals surface area contributed by atoms with Gasteiger partial charge in [-0.25, -0.2) is 4.68 Å². The Bertz CT molecular complexity index is 639. The van der Waals surface area contributed by atoms with Crippen LogP contribution in [-0.4, -0.2) is 56.3 Å². The monoisotopic (exact) mass is 287 g/mol. The van der Waals surface area contributed by atoms with Crippen molar-refractivity contribution in [1.29, 1.82) is 0 Å². The highest BCUT2D eigenvalue weighted by Gasteiger charge is 2.34. The molecule has 1 aliphatic rings. The summed E-state index contributed by atoms with van der Waals surface area (Å²) < 4.78 is 6.99. The molecule has 0 unspecified atom stereocenters. The highest BCUT2D eigenvalue weighted by Crippen LogP contribution is 2.22. The maximum Gasteiger partial charge on any atom is 0.254 e. The summed E-state index contributed by atoms with van der Waals surface area (Å²) in [6.07, 6.45) is 1.50. The van der Waals surface area contributed by atoms with Gasteiger partial charge < -0.3 is 9.64 Å². The van der Waals surface area contributed by atoms with Gasteiger partial charge in [0.05, 0.1) is 24.4 Å². The standard InChI is InChI=1S/C14H17N5O2/c1-14(2)9-21-7-6-18(14)13(20)11-4-3-5-12(8-11)19-10-15-16-17-19/h3-5,8,10H,6-7,9H2,1-2H3. The second-order valence-corrected chi connectivity index (χ2v) is 5.63. The number of hydrogen-bond acceptors (Lipinski definition) is 5. The third kappa shape index (κ3) is 2.64. The van der Waals surface area contributed by atoms with Crippen LogP contribution >= 0.6 is 0 Å². The molecule has 7 nitrogen and oxygen atoms in total. The first-order valence-corrected chi connectivity index (χ1v) is 6.81. The predicted molar refractivity (Wildman–Crippen MR) is 75.1 cm³/mol. The molecule has 0 radical (unpaired) electrons. The molecule has 0 N–H and O–H groups in total. The zero-order valence-electron chi connectivity index (χ0n) is 12.1. The Labute approximate surface area is 122 Å². The van der Waals surface area contributed by atoms with E-state index in [4.69, 9.17) is 4.74 Å². The zero-order valence-corrected chi connectivity index (χ0v) is 12.1. The smallest absolute Gasteiger partial charge is 0.254 e. The summed E-state index contributed by atoms with van der Waals surface area (Å²) in [7, 11) is 0. The molecule has 1 amide bonds. The van der Waals surface area contributed by atoms with Crippen molar-refractivity contribution >= 4 is 5.91 Å². The van der Waals surface area contributed by atoms with Crippen molar-refractivity contribution in [2.75, 3.05) is 19.8 Å². The molecule has 1 aromatic carbocycles. The third-order valence-electron chi connectivity index (χ3n) is 3.60. The Hall–Kier alpha value is -2.28. The molecule has 2 heterocycles. The van der Waals surface area contributed by atoms with Gasteiger partial charge in [-0.15, -0.1) is 5.10 Å². The van der Waals surface area contributed by atoms with E-state index >= 15 is 0 Å². The van der Waals surface area contributed by atoms with Crippen LogP contribution in [0.15, 0.2) is 30.6 Å². The minimum Gasteiger partial charge on any atom is -0.377 e. The molecule has 1 aliphatic heterocycles. The quantitative estimate of drug-likeness (QED) is 0.821. The van der Waals surface area contributed by atoms with Crippen LogP contribution in [-0.2, 0) is 4.74 Å². The third-order valence-corrected chi connectivity index (χ3v) is 3.60. The number of aromatic nitrogens is 4. The zero-order chi connectivity index (χ0) is 14.9. The van der Waals surface area contributed by atoms with E-state index in [1.54, 1.807) is 6.07 Å². The summed E-state index contributed by atoms with van der Waals surface area (Å²) in [5.41, 5.74) is 1.08. The lowest BCUT2D eigenvalue weighted by Gasteiger charge is -2.42.